The first-order valence-corrected chi connectivity index (χ1v) is 13.8. The monoisotopic (exact) mass is 507 g/mol. The lowest BCUT2D eigenvalue weighted by Crippen LogP contribution is -2.16. The minimum atomic E-state index is -0.0447. The molecule has 0 spiro atoms. The topological polar surface area (TPSA) is 25.2 Å². The summed E-state index contributed by atoms with van der Waals surface area (Å²) in [5, 5.41) is 6.13. The highest BCUT2D eigenvalue weighted by molar-refractivity contribution is 6.12. The molecule has 0 amide bonds. The van der Waals surface area contributed by atoms with E-state index < -0.39 is 0 Å². The Hall–Kier alpha value is -4.30. The molecule has 0 bridgehead atoms. The first-order valence-electron chi connectivity index (χ1n) is 13.8. The largest absolute Gasteiger partial charge is 0.456 e. The van der Waals surface area contributed by atoms with Crippen LogP contribution in [0.3, 0.4) is 0 Å². The van der Waals surface area contributed by atoms with Gasteiger partial charge < -0.3 is 9.73 Å². The molecule has 0 saturated heterocycles. The Morgan fingerprint density at radius 2 is 1.36 bits per heavy atom. The maximum atomic E-state index is 6.18. The van der Waals surface area contributed by atoms with Crippen LogP contribution in [-0.2, 0) is 10.8 Å². The van der Waals surface area contributed by atoms with Gasteiger partial charge in [0.2, 0.25) is 0 Å². The van der Waals surface area contributed by atoms with Gasteiger partial charge in [-0.3, -0.25) is 0 Å². The van der Waals surface area contributed by atoms with Crippen molar-refractivity contribution in [2.24, 2.45) is 0 Å². The van der Waals surface area contributed by atoms with Crippen LogP contribution in [0.5, 0.6) is 0 Å². The molecule has 1 aromatic heterocycles. The van der Waals surface area contributed by atoms with E-state index in [-0.39, 0.29) is 10.8 Å². The van der Waals surface area contributed by atoms with E-state index in [1.54, 1.807) is 0 Å². The van der Waals surface area contributed by atoms with E-state index in [0.717, 1.165) is 27.9 Å². The predicted molar refractivity (Wildman–Crippen MR) is 165 cm³/mol. The fourth-order valence-electron chi connectivity index (χ4n) is 6.39. The minimum absolute atomic E-state index is 0.0214. The minimum Gasteiger partial charge on any atom is -0.456 e. The highest BCUT2D eigenvalue weighted by Gasteiger charge is 2.35. The molecular formula is C37H33NO. The molecule has 0 radical (unpaired) electrons. The van der Waals surface area contributed by atoms with Crippen molar-refractivity contribution in [1.29, 1.82) is 0 Å². The van der Waals surface area contributed by atoms with Crippen molar-refractivity contribution in [2.45, 2.75) is 45.4 Å². The molecule has 7 rings (SSSR count). The lowest BCUT2D eigenvalue weighted by molar-refractivity contribution is 0.592. The summed E-state index contributed by atoms with van der Waals surface area (Å²) in [6, 6.07) is 37.1. The smallest absolute Gasteiger partial charge is 0.136 e. The van der Waals surface area contributed by atoms with Gasteiger partial charge in [0.15, 0.2) is 0 Å². The lowest BCUT2D eigenvalue weighted by atomic mass is 9.82. The molecule has 0 atom stereocenters. The summed E-state index contributed by atoms with van der Waals surface area (Å²) in [5.74, 6) is 0. The van der Waals surface area contributed by atoms with Crippen LogP contribution in [0, 0.1) is 0 Å². The van der Waals surface area contributed by atoms with Crippen LogP contribution in [0.4, 0.5) is 11.4 Å². The number of hydrogen-bond acceptors (Lipinski definition) is 2. The molecule has 5 aromatic carbocycles. The first-order chi connectivity index (χ1) is 18.7. The second-order valence-corrected chi connectivity index (χ2v) is 12.3. The molecule has 39 heavy (non-hydrogen) atoms. The predicted octanol–water partition coefficient (Wildman–Crippen LogP) is 10.6. The maximum Gasteiger partial charge on any atom is 0.136 e. The Morgan fingerprint density at radius 1 is 0.641 bits per heavy atom. The van der Waals surface area contributed by atoms with Crippen LogP contribution >= 0.6 is 0 Å². The van der Waals surface area contributed by atoms with Crippen molar-refractivity contribution in [2.75, 3.05) is 5.32 Å². The standard InChI is InChI=1S/C37H33NO/c1-36(2,3)31-21-23(25-13-10-16-34-35(25)28-12-7-9-15-33(28)39-34)17-20-32(31)38-24-18-19-27-26-11-6-8-14-29(26)37(4,5)30(27)22-24/h6-22,38H,1-5H3. The van der Waals surface area contributed by atoms with E-state index in [4.69, 9.17) is 4.42 Å². The van der Waals surface area contributed by atoms with Gasteiger partial charge in [0.05, 0.1) is 0 Å². The number of para-hydroxylation sites is 1. The van der Waals surface area contributed by atoms with Gasteiger partial charge >= 0.3 is 0 Å². The second-order valence-electron chi connectivity index (χ2n) is 12.3. The summed E-state index contributed by atoms with van der Waals surface area (Å²) < 4.78 is 6.18. The Morgan fingerprint density at radius 3 is 2.21 bits per heavy atom. The highest BCUT2D eigenvalue weighted by Crippen LogP contribution is 2.49. The summed E-state index contributed by atoms with van der Waals surface area (Å²) in [7, 11) is 0. The molecule has 1 aliphatic rings. The number of fused-ring (bicyclic) bond motifs is 6. The number of nitrogens with one attached hydrogen (secondary N) is 1. The molecule has 0 aliphatic heterocycles. The number of rotatable bonds is 3. The molecule has 1 aliphatic carbocycles. The zero-order valence-corrected chi connectivity index (χ0v) is 23.2. The first kappa shape index (κ1) is 23.8. The number of furan rings is 1. The van der Waals surface area contributed by atoms with Gasteiger partial charge in [0, 0.05) is 27.6 Å². The Bertz CT molecular complexity index is 1900. The molecule has 0 saturated carbocycles. The van der Waals surface area contributed by atoms with E-state index >= 15 is 0 Å². The van der Waals surface area contributed by atoms with Gasteiger partial charge in [-0.15, -0.1) is 0 Å². The van der Waals surface area contributed by atoms with E-state index in [1.807, 2.05) is 12.1 Å². The van der Waals surface area contributed by atoms with Crippen molar-refractivity contribution in [3.63, 3.8) is 0 Å². The second kappa shape index (κ2) is 8.35. The number of benzene rings is 5. The zero-order chi connectivity index (χ0) is 26.9. The Labute approximate surface area is 230 Å². The highest BCUT2D eigenvalue weighted by atomic mass is 16.3. The molecule has 2 heteroatoms. The van der Waals surface area contributed by atoms with E-state index in [0.29, 0.717) is 0 Å². The Balaban J connectivity index is 1.32. The number of hydrogen-bond donors (Lipinski definition) is 1. The van der Waals surface area contributed by atoms with Crippen molar-refractivity contribution in [3.8, 4) is 22.3 Å². The molecule has 6 aromatic rings. The van der Waals surface area contributed by atoms with Crippen LogP contribution in [0.25, 0.3) is 44.2 Å². The van der Waals surface area contributed by atoms with Gasteiger partial charge in [0.1, 0.15) is 11.2 Å². The van der Waals surface area contributed by atoms with Gasteiger partial charge in [-0.25, -0.2) is 0 Å². The summed E-state index contributed by atoms with van der Waals surface area (Å²) in [5.41, 5.74) is 13.2. The van der Waals surface area contributed by atoms with Gasteiger partial charge in [-0.05, 0) is 80.8 Å². The molecule has 0 fully saturated rings. The molecule has 192 valence electrons. The van der Waals surface area contributed by atoms with Crippen LogP contribution in [0.2, 0.25) is 0 Å². The van der Waals surface area contributed by atoms with Gasteiger partial charge in [-0.2, -0.15) is 0 Å². The van der Waals surface area contributed by atoms with E-state index in [1.165, 1.54) is 44.3 Å². The Kier molecular flexibility index (Phi) is 5.09. The van der Waals surface area contributed by atoms with Crippen LogP contribution in [-0.4, -0.2) is 0 Å². The van der Waals surface area contributed by atoms with Gasteiger partial charge in [-0.1, -0.05) is 101 Å². The molecule has 0 unspecified atom stereocenters. The van der Waals surface area contributed by atoms with Crippen LogP contribution < -0.4 is 5.32 Å². The fraction of sp³-hybridized carbons (Fsp3) is 0.189. The van der Waals surface area contributed by atoms with E-state index in [2.05, 4.69) is 131 Å². The third kappa shape index (κ3) is 3.70. The van der Waals surface area contributed by atoms with Crippen molar-refractivity contribution < 1.29 is 4.42 Å². The molecule has 2 nitrogen and oxygen atoms in total. The number of anilines is 2. The molecule has 1 N–H and O–H groups in total. The summed E-state index contributed by atoms with van der Waals surface area (Å²) in [4.78, 5) is 0. The third-order valence-electron chi connectivity index (χ3n) is 8.40. The van der Waals surface area contributed by atoms with Crippen LogP contribution in [0.15, 0.2) is 108 Å². The average molecular weight is 508 g/mol. The van der Waals surface area contributed by atoms with Crippen molar-refractivity contribution >= 4 is 33.3 Å². The fourth-order valence-corrected chi connectivity index (χ4v) is 6.39. The molecule has 1 heterocycles. The zero-order valence-electron chi connectivity index (χ0n) is 23.2. The molecular weight excluding hydrogens is 474 g/mol. The summed E-state index contributed by atoms with van der Waals surface area (Å²) in [6.45, 7) is 11.5. The quantitative estimate of drug-likeness (QED) is 0.258. The van der Waals surface area contributed by atoms with Crippen LogP contribution in [0.1, 0.15) is 51.3 Å². The maximum absolute atomic E-state index is 6.18. The normalized spacial score (nSPS) is 14.0. The lowest BCUT2D eigenvalue weighted by Gasteiger charge is -2.26. The summed E-state index contributed by atoms with van der Waals surface area (Å²) in [6.07, 6.45) is 0. The summed E-state index contributed by atoms with van der Waals surface area (Å²) >= 11 is 0. The SMILES string of the molecule is CC(C)(C)c1cc(-c2cccc3oc4ccccc4c23)ccc1Nc1ccc2c(c1)C(C)(C)c1ccccc1-2. The average Bonchev–Trinajstić information content (AvgIpc) is 3.41. The van der Waals surface area contributed by atoms with Crippen molar-refractivity contribution in [1.82, 2.24) is 0 Å². The van der Waals surface area contributed by atoms with Crippen molar-refractivity contribution in [3.05, 3.63) is 120 Å². The third-order valence-corrected chi connectivity index (χ3v) is 8.40. The van der Waals surface area contributed by atoms with E-state index in [9.17, 15) is 0 Å². The van der Waals surface area contributed by atoms with Gasteiger partial charge in [0.25, 0.3) is 0 Å².